The van der Waals surface area contributed by atoms with Crippen LogP contribution in [0.1, 0.15) is 53.1 Å². The predicted octanol–water partition coefficient (Wildman–Crippen LogP) is 3.13. The molecular formula is C20H22N4O2. The van der Waals surface area contributed by atoms with Gasteiger partial charge < -0.3 is 16.0 Å². The molecule has 2 heterocycles. The van der Waals surface area contributed by atoms with Crippen LogP contribution in [0.4, 0.5) is 0 Å². The Hall–Kier alpha value is -2.89. The molecule has 4 N–H and O–H groups in total. The zero-order valence-corrected chi connectivity index (χ0v) is 14.5. The van der Waals surface area contributed by atoms with Crippen LogP contribution >= 0.6 is 0 Å². The molecule has 0 saturated heterocycles. The highest BCUT2D eigenvalue weighted by Crippen LogP contribution is 2.28. The van der Waals surface area contributed by atoms with Gasteiger partial charge in [0, 0.05) is 22.8 Å². The van der Waals surface area contributed by atoms with E-state index in [1.165, 1.54) is 19.3 Å². The molecule has 26 heavy (non-hydrogen) atoms. The van der Waals surface area contributed by atoms with E-state index in [4.69, 9.17) is 5.73 Å². The minimum Gasteiger partial charge on any atom is -0.364 e. The molecule has 0 radical (unpaired) electrons. The van der Waals surface area contributed by atoms with Gasteiger partial charge in [0.2, 0.25) is 0 Å². The molecule has 1 aromatic carbocycles. The highest BCUT2D eigenvalue weighted by Gasteiger charge is 2.20. The maximum atomic E-state index is 12.6. The number of nitrogens with zero attached hydrogens (tertiary/aromatic N) is 1. The molecule has 0 bridgehead atoms. The maximum Gasteiger partial charge on any atom is 0.269 e. The second kappa shape index (κ2) is 6.78. The highest BCUT2D eigenvalue weighted by molar-refractivity contribution is 6.15. The number of nitrogens with two attached hydrogens (primary N) is 1. The number of primary amides is 1. The number of aromatic nitrogens is 2. The summed E-state index contributed by atoms with van der Waals surface area (Å²) in [7, 11) is 0. The number of hydrogen-bond acceptors (Lipinski definition) is 3. The van der Waals surface area contributed by atoms with Gasteiger partial charge in [-0.3, -0.25) is 9.59 Å². The lowest BCUT2D eigenvalue weighted by atomic mass is 9.89. The molecule has 3 aromatic rings. The minimum absolute atomic E-state index is 0.0986. The van der Waals surface area contributed by atoms with Gasteiger partial charge in [0.05, 0.1) is 5.52 Å². The molecular weight excluding hydrogens is 328 g/mol. The van der Waals surface area contributed by atoms with Gasteiger partial charge >= 0.3 is 0 Å². The Labute approximate surface area is 151 Å². The van der Waals surface area contributed by atoms with Crippen LogP contribution in [0.25, 0.3) is 21.8 Å². The number of benzene rings is 1. The summed E-state index contributed by atoms with van der Waals surface area (Å²) in [5.74, 6) is -0.381. The van der Waals surface area contributed by atoms with Crippen molar-refractivity contribution in [1.82, 2.24) is 15.3 Å². The number of amides is 2. The Morgan fingerprint density at radius 3 is 2.69 bits per heavy atom. The first-order valence-corrected chi connectivity index (χ1v) is 9.13. The normalized spacial score (nSPS) is 15.4. The Morgan fingerprint density at radius 1 is 1.15 bits per heavy atom. The Bertz CT molecular complexity index is 986. The van der Waals surface area contributed by atoms with E-state index >= 15 is 0 Å². The largest absolute Gasteiger partial charge is 0.364 e. The Kier molecular flexibility index (Phi) is 4.32. The molecule has 1 aliphatic rings. The number of fused-ring (bicyclic) bond motifs is 3. The molecule has 2 aromatic heterocycles. The van der Waals surface area contributed by atoms with Crippen LogP contribution in [0, 0.1) is 5.92 Å². The summed E-state index contributed by atoms with van der Waals surface area (Å²) in [6.45, 7) is 0.651. The van der Waals surface area contributed by atoms with Crippen LogP contribution in [-0.2, 0) is 0 Å². The Balaban J connectivity index is 1.69. The van der Waals surface area contributed by atoms with Crippen LogP contribution < -0.4 is 11.1 Å². The standard InChI is InChI=1S/C20H22N4O2/c21-19(25)18-17-14(13-8-4-5-9-15(13)23-17)10-16(24-18)20(26)22-11-12-6-2-1-3-7-12/h4-5,8-10,12,23H,1-3,6-7,11H2,(H2,21,25)(H,22,26). The average molecular weight is 350 g/mol. The second-order valence-corrected chi connectivity index (χ2v) is 7.03. The van der Waals surface area contributed by atoms with Crippen molar-refractivity contribution < 1.29 is 9.59 Å². The van der Waals surface area contributed by atoms with Crippen molar-refractivity contribution in [3.05, 3.63) is 41.7 Å². The summed E-state index contributed by atoms with van der Waals surface area (Å²) >= 11 is 0. The van der Waals surface area contributed by atoms with Crippen molar-refractivity contribution in [3.8, 4) is 0 Å². The lowest BCUT2D eigenvalue weighted by molar-refractivity contribution is 0.0938. The third-order valence-corrected chi connectivity index (χ3v) is 5.24. The van der Waals surface area contributed by atoms with E-state index in [1.807, 2.05) is 24.3 Å². The number of pyridine rings is 1. The van der Waals surface area contributed by atoms with Gasteiger partial charge in [-0.15, -0.1) is 0 Å². The molecule has 134 valence electrons. The van der Waals surface area contributed by atoms with Gasteiger partial charge in [-0.2, -0.15) is 0 Å². The van der Waals surface area contributed by atoms with Crippen LogP contribution in [0.2, 0.25) is 0 Å². The first kappa shape index (κ1) is 16.6. The van der Waals surface area contributed by atoms with E-state index in [2.05, 4.69) is 15.3 Å². The van der Waals surface area contributed by atoms with E-state index in [0.717, 1.165) is 29.1 Å². The lowest BCUT2D eigenvalue weighted by Crippen LogP contribution is -2.31. The number of hydrogen-bond donors (Lipinski definition) is 3. The summed E-state index contributed by atoms with van der Waals surface area (Å²) < 4.78 is 0. The third-order valence-electron chi connectivity index (χ3n) is 5.24. The molecule has 0 atom stereocenters. The van der Waals surface area contributed by atoms with Crippen LogP contribution in [0.3, 0.4) is 0 Å². The van der Waals surface area contributed by atoms with Gasteiger partial charge in [0.15, 0.2) is 5.69 Å². The van der Waals surface area contributed by atoms with Gasteiger partial charge in [-0.1, -0.05) is 37.5 Å². The van der Waals surface area contributed by atoms with E-state index in [1.54, 1.807) is 6.07 Å². The van der Waals surface area contributed by atoms with Gasteiger partial charge in [-0.25, -0.2) is 4.98 Å². The molecule has 1 aliphatic carbocycles. The fourth-order valence-electron chi connectivity index (χ4n) is 3.86. The number of carbonyl (C=O) groups excluding carboxylic acids is 2. The van der Waals surface area contributed by atoms with Crippen molar-refractivity contribution >= 4 is 33.6 Å². The van der Waals surface area contributed by atoms with E-state index in [-0.39, 0.29) is 17.3 Å². The molecule has 1 fully saturated rings. The summed E-state index contributed by atoms with van der Waals surface area (Å²) in [4.78, 5) is 31.9. The first-order chi connectivity index (χ1) is 12.6. The SMILES string of the molecule is NC(=O)c1nc(C(=O)NCC2CCCCC2)cc2c1[nH]c1ccccc12. The monoisotopic (exact) mass is 350 g/mol. The number of aromatic amines is 1. The average Bonchev–Trinajstić information content (AvgIpc) is 3.04. The van der Waals surface area contributed by atoms with Crippen molar-refractivity contribution in [2.75, 3.05) is 6.54 Å². The zero-order valence-electron chi connectivity index (χ0n) is 14.5. The summed E-state index contributed by atoms with van der Waals surface area (Å²) in [6.07, 6.45) is 6.05. The van der Waals surface area contributed by atoms with Gasteiger partial charge in [0.25, 0.3) is 11.8 Å². The molecule has 6 heteroatoms. The summed E-state index contributed by atoms with van der Waals surface area (Å²) in [5, 5.41) is 4.70. The van der Waals surface area contributed by atoms with E-state index in [9.17, 15) is 9.59 Å². The number of para-hydroxylation sites is 1. The molecule has 0 spiro atoms. The fourth-order valence-corrected chi connectivity index (χ4v) is 3.86. The molecule has 2 amide bonds. The number of H-pyrrole nitrogens is 1. The Morgan fingerprint density at radius 2 is 1.92 bits per heavy atom. The van der Waals surface area contributed by atoms with E-state index < -0.39 is 5.91 Å². The summed E-state index contributed by atoms with van der Waals surface area (Å²) in [5.41, 5.74) is 7.29. The first-order valence-electron chi connectivity index (χ1n) is 9.13. The predicted molar refractivity (Wildman–Crippen MR) is 101 cm³/mol. The maximum absolute atomic E-state index is 12.6. The quantitative estimate of drug-likeness (QED) is 0.674. The van der Waals surface area contributed by atoms with Crippen LogP contribution in [-0.4, -0.2) is 28.3 Å². The molecule has 0 aliphatic heterocycles. The number of nitrogens with one attached hydrogen (secondary N) is 2. The van der Waals surface area contributed by atoms with Crippen molar-refractivity contribution in [2.45, 2.75) is 32.1 Å². The lowest BCUT2D eigenvalue weighted by Gasteiger charge is -2.21. The summed E-state index contributed by atoms with van der Waals surface area (Å²) in [6, 6.07) is 9.43. The second-order valence-electron chi connectivity index (χ2n) is 7.03. The third kappa shape index (κ3) is 3.03. The fraction of sp³-hybridized carbons (Fsp3) is 0.350. The smallest absolute Gasteiger partial charge is 0.269 e. The molecule has 6 nitrogen and oxygen atoms in total. The van der Waals surface area contributed by atoms with Crippen LogP contribution in [0.5, 0.6) is 0 Å². The van der Waals surface area contributed by atoms with Gasteiger partial charge in [-0.05, 0) is 30.9 Å². The van der Waals surface area contributed by atoms with Crippen LogP contribution in [0.15, 0.2) is 30.3 Å². The number of rotatable bonds is 4. The van der Waals surface area contributed by atoms with Crippen molar-refractivity contribution in [1.29, 1.82) is 0 Å². The van der Waals surface area contributed by atoms with Gasteiger partial charge in [0.1, 0.15) is 5.69 Å². The molecule has 1 saturated carbocycles. The number of carbonyl (C=O) groups is 2. The molecule has 0 unspecified atom stereocenters. The highest BCUT2D eigenvalue weighted by atomic mass is 16.2. The van der Waals surface area contributed by atoms with E-state index in [0.29, 0.717) is 18.0 Å². The minimum atomic E-state index is -0.650. The van der Waals surface area contributed by atoms with Crippen molar-refractivity contribution in [2.24, 2.45) is 11.7 Å². The zero-order chi connectivity index (χ0) is 18.1. The van der Waals surface area contributed by atoms with Crippen molar-refractivity contribution in [3.63, 3.8) is 0 Å². The molecule has 4 rings (SSSR count). The topological polar surface area (TPSA) is 101 Å².